The third-order valence-corrected chi connectivity index (χ3v) is 4.70. The first-order chi connectivity index (χ1) is 11.0. The molecule has 0 saturated heterocycles. The molecule has 4 atom stereocenters. The third-order valence-electron chi connectivity index (χ3n) is 4.70. The third kappa shape index (κ3) is 15.2. The molecule has 0 aromatic carbocycles. The molecule has 0 rings (SSSR count). The van der Waals surface area contributed by atoms with E-state index in [0.717, 1.165) is 49.7 Å². The van der Waals surface area contributed by atoms with Gasteiger partial charge in [-0.3, -0.25) is 0 Å². The van der Waals surface area contributed by atoms with E-state index in [0.29, 0.717) is 6.79 Å². The number of hydrogen-bond acceptors (Lipinski definition) is 2. The van der Waals surface area contributed by atoms with Crippen molar-refractivity contribution in [3.05, 3.63) is 0 Å². The first kappa shape index (κ1) is 22.9. The highest BCUT2D eigenvalue weighted by atomic mass is 16.7. The topological polar surface area (TPSA) is 18.5 Å². The smallest absolute Gasteiger partial charge is 0.146 e. The Labute approximate surface area is 146 Å². The minimum absolute atomic E-state index is 0.464. The lowest BCUT2D eigenvalue weighted by Gasteiger charge is -2.22. The second kappa shape index (κ2) is 15.4. The quantitative estimate of drug-likeness (QED) is 0.232. The summed E-state index contributed by atoms with van der Waals surface area (Å²) in [7, 11) is 0. The van der Waals surface area contributed by atoms with Crippen LogP contribution < -0.4 is 0 Å². The predicted molar refractivity (Wildman–Crippen MR) is 102 cm³/mol. The SMILES string of the molecule is CCCOCOCCCC(C)CC(C)CC(C)CC(C)CCC. The van der Waals surface area contributed by atoms with Crippen molar-refractivity contribution in [1.82, 2.24) is 0 Å². The maximum Gasteiger partial charge on any atom is 0.146 e. The molecule has 0 spiro atoms. The molecule has 2 nitrogen and oxygen atoms in total. The Morgan fingerprint density at radius 2 is 1.13 bits per heavy atom. The Hall–Kier alpha value is -0.0800. The number of rotatable bonds is 16. The molecular weight excluding hydrogens is 284 g/mol. The zero-order valence-corrected chi connectivity index (χ0v) is 16.9. The van der Waals surface area contributed by atoms with Gasteiger partial charge >= 0.3 is 0 Å². The Bertz CT molecular complexity index is 242. The van der Waals surface area contributed by atoms with Crippen LogP contribution in [0.2, 0.25) is 0 Å². The van der Waals surface area contributed by atoms with Gasteiger partial charge < -0.3 is 9.47 Å². The highest BCUT2D eigenvalue weighted by Crippen LogP contribution is 2.26. The van der Waals surface area contributed by atoms with Crippen LogP contribution in [0.3, 0.4) is 0 Å². The summed E-state index contributed by atoms with van der Waals surface area (Å²) >= 11 is 0. The fourth-order valence-corrected chi connectivity index (χ4v) is 3.84. The molecule has 4 unspecified atom stereocenters. The summed E-state index contributed by atoms with van der Waals surface area (Å²) in [6.07, 6.45) is 10.4. The van der Waals surface area contributed by atoms with Crippen molar-refractivity contribution >= 4 is 0 Å². The predicted octanol–water partition coefficient (Wildman–Crippen LogP) is 6.68. The van der Waals surface area contributed by atoms with Crippen LogP contribution in [-0.2, 0) is 9.47 Å². The zero-order chi connectivity index (χ0) is 17.5. The first-order valence-corrected chi connectivity index (χ1v) is 10.1. The molecule has 2 heteroatoms. The van der Waals surface area contributed by atoms with Gasteiger partial charge in [-0.1, -0.05) is 54.4 Å². The number of ether oxygens (including phenoxy) is 2. The maximum atomic E-state index is 5.50. The van der Waals surface area contributed by atoms with Crippen LogP contribution in [0.5, 0.6) is 0 Å². The molecule has 140 valence electrons. The monoisotopic (exact) mass is 328 g/mol. The van der Waals surface area contributed by atoms with E-state index in [1.54, 1.807) is 0 Å². The minimum atomic E-state index is 0.464. The molecule has 0 aliphatic rings. The lowest BCUT2D eigenvalue weighted by Crippen LogP contribution is -2.11. The summed E-state index contributed by atoms with van der Waals surface area (Å²) in [5.74, 6) is 3.43. The normalized spacial score (nSPS) is 17.0. The fourth-order valence-electron chi connectivity index (χ4n) is 3.84. The van der Waals surface area contributed by atoms with Crippen LogP contribution in [-0.4, -0.2) is 20.0 Å². The summed E-state index contributed by atoms with van der Waals surface area (Å²) in [6, 6.07) is 0. The van der Waals surface area contributed by atoms with Crippen LogP contribution in [0.25, 0.3) is 0 Å². The van der Waals surface area contributed by atoms with Crippen molar-refractivity contribution in [3.8, 4) is 0 Å². The van der Waals surface area contributed by atoms with Gasteiger partial charge in [0.1, 0.15) is 6.79 Å². The molecule has 0 bridgehead atoms. The van der Waals surface area contributed by atoms with Crippen molar-refractivity contribution in [2.24, 2.45) is 23.7 Å². The first-order valence-electron chi connectivity index (χ1n) is 10.1. The van der Waals surface area contributed by atoms with Gasteiger partial charge in [-0.05, 0) is 62.2 Å². The van der Waals surface area contributed by atoms with Crippen molar-refractivity contribution in [3.63, 3.8) is 0 Å². The van der Waals surface area contributed by atoms with Gasteiger partial charge in [-0.2, -0.15) is 0 Å². The molecule has 0 fully saturated rings. The van der Waals surface area contributed by atoms with Crippen molar-refractivity contribution < 1.29 is 9.47 Å². The van der Waals surface area contributed by atoms with E-state index >= 15 is 0 Å². The Morgan fingerprint density at radius 1 is 0.609 bits per heavy atom. The minimum Gasteiger partial charge on any atom is -0.355 e. The number of hydrogen-bond donors (Lipinski definition) is 0. The van der Waals surface area contributed by atoms with E-state index in [-0.39, 0.29) is 0 Å². The Balaban J connectivity index is 3.62. The molecule has 0 heterocycles. The average Bonchev–Trinajstić information content (AvgIpc) is 2.45. The van der Waals surface area contributed by atoms with Crippen LogP contribution in [0, 0.1) is 23.7 Å². The van der Waals surface area contributed by atoms with E-state index < -0.39 is 0 Å². The molecule has 23 heavy (non-hydrogen) atoms. The van der Waals surface area contributed by atoms with Crippen molar-refractivity contribution in [1.29, 1.82) is 0 Å². The maximum absolute atomic E-state index is 5.50. The molecule has 0 radical (unpaired) electrons. The standard InChI is InChI=1S/C21H44O2/c1-7-10-18(3)14-20(5)16-21(6)15-19(4)11-9-13-23-17-22-12-8-2/h18-21H,7-17H2,1-6H3. The van der Waals surface area contributed by atoms with Gasteiger partial charge in [-0.25, -0.2) is 0 Å². The van der Waals surface area contributed by atoms with Crippen LogP contribution in [0.1, 0.15) is 92.9 Å². The molecule has 0 N–H and O–H groups in total. The Kier molecular flexibility index (Phi) is 15.4. The second-order valence-electron chi connectivity index (χ2n) is 7.99. The van der Waals surface area contributed by atoms with E-state index in [1.807, 2.05) is 0 Å². The summed E-state index contributed by atoms with van der Waals surface area (Å²) in [4.78, 5) is 0. The average molecular weight is 329 g/mol. The molecule has 0 amide bonds. The van der Waals surface area contributed by atoms with E-state index in [1.165, 1.54) is 38.5 Å². The summed E-state index contributed by atoms with van der Waals surface area (Å²) in [5.41, 5.74) is 0. The van der Waals surface area contributed by atoms with Crippen LogP contribution >= 0.6 is 0 Å². The fraction of sp³-hybridized carbons (Fsp3) is 1.00. The summed E-state index contributed by atoms with van der Waals surface area (Å²) in [5, 5.41) is 0. The lowest BCUT2D eigenvalue weighted by molar-refractivity contribution is -0.0549. The van der Waals surface area contributed by atoms with Crippen molar-refractivity contribution in [2.75, 3.05) is 20.0 Å². The zero-order valence-electron chi connectivity index (χ0n) is 16.9. The highest BCUT2D eigenvalue weighted by Gasteiger charge is 2.14. The molecular formula is C21H44O2. The van der Waals surface area contributed by atoms with Crippen LogP contribution in [0.15, 0.2) is 0 Å². The van der Waals surface area contributed by atoms with Gasteiger partial charge in [0.2, 0.25) is 0 Å². The van der Waals surface area contributed by atoms with Gasteiger partial charge in [0.15, 0.2) is 0 Å². The molecule has 0 aromatic rings. The highest BCUT2D eigenvalue weighted by molar-refractivity contribution is 4.66. The summed E-state index contributed by atoms with van der Waals surface area (Å²) < 4.78 is 10.8. The molecule has 0 aliphatic heterocycles. The van der Waals surface area contributed by atoms with Gasteiger partial charge in [0.25, 0.3) is 0 Å². The molecule has 0 saturated carbocycles. The van der Waals surface area contributed by atoms with E-state index in [2.05, 4.69) is 41.5 Å². The Morgan fingerprint density at radius 3 is 1.70 bits per heavy atom. The second-order valence-corrected chi connectivity index (χ2v) is 7.99. The molecule has 0 aliphatic carbocycles. The van der Waals surface area contributed by atoms with E-state index in [4.69, 9.17) is 9.47 Å². The van der Waals surface area contributed by atoms with E-state index in [9.17, 15) is 0 Å². The van der Waals surface area contributed by atoms with Gasteiger partial charge in [-0.15, -0.1) is 0 Å². The van der Waals surface area contributed by atoms with Gasteiger partial charge in [0.05, 0.1) is 0 Å². The molecule has 0 aromatic heterocycles. The van der Waals surface area contributed by atoms with Crippen LogP contribution in [0.4, 0.5) is 0 Å². The largest absolute Gasteiger partial charge is 0.355 e. The lowest BCUT2D eigenvalue weighted by atomic mass is 9.84. The summed E-state index contributed by atoms with van der Waals surface area (Å²) in [6.45, 7) is 16.2. The van der Waals surface area contributed by atoms with Gasteiger partial charge in [0, 0.05) is 13.2 Å². The van der Waals surface area contributed by atoms with Crippen molar-refractivity contribution in [2.45, 2.75) is 92.9 Å².